The number of piperidine rings is 2. The van der Waals surface area contributed by atoms with E-state index >= 15 is 0 Å². The molecule has 2 heterocycles. The molecule has 0 saturated carbocycles. The lowest BCUT2D eigenvalue weighted by Gasteiger charge is -2.43. The van der Waals surface area contributed by atoms with Crippen molar-refractivity contribution in [1.29, 1.82) is 0 Å². The minimum atomic E-state index is -0.115. The maximum absolute atomic E-state index is 13.3. The fourth-order valence-electron chi connectivity index (χ4n) is 5.67. The van der Waals surface area contributed by atoms with Gasteiger partial charge in [-0.15, -0.1) is 0 Å². The van der Waals surface area contributed by atoms with E-state index in [0.29, 0.717) is 52.5 Å². The first-order valence-corrected chi connectivity index (χ1v) is 14.3. The van der Waals surface area contributed by atoms with Gasteiger partial charge in [0, 0.05) is 69.1 Å². The molecule has 38 heavy (non-hydrogen) atoms. The van der Waals surface area contributed by atoms with Crippen LogP contribution in [0, 0.1) is 5.92 Å². The summed E-state index contributed by atoms with van der Waals surface area (Å²) in [7, 11) is 1.82. The molecule has 2 saturated heterocycles. The minimum absolute atomic E-state index is 0.0894. The number of carbonyl (C=O) groups excluding carboxylic acids is 3. The number of hydrogen-bond acceptors (Lipinski definition) is 3. The normalized spacial score (nSPS) is 20.3. The number of benzene rings is 2. The zero-order valence-corrected chi connectivity index (χ0v) is 24.1. The highest BCUT2D eigenvalue weighted by Gasteiger charge is 2.37. The van der Waals surface area contributed by atoms with E-state index in [2.05, 4.69) is 0 Å². The molecule has 2 fully saturated rings. The van der Waals surface area contributed by atoms with Gasteiger partial charge in [0.15, 0.2) is 0 Å². The fourth-order valence-corrected chi connectivity index (χ4v) is 6.10. The number of nitrogens with zero attached hydrogens (tertiary/aromatic N) is 3. The maximum Gasteiger partial charge on any atom is 0.253 e. The van der Waals surface area contributed by atoms with Crippen molar-refractivity contribution in [1.82, 2.24) is 14.7 Å². The summed E-state index contributed by atoms with van der Waals surface area (Å²) in [5.41, 5.74) is 1.52. The molecule has 2 atom stereocenters. The fraction of sp³-hybridized carbons (Fsp3) is 0.483. The minimum Gasteiger partial charge on any atom is -0.343 e. The topological polar surface area (TPSA) is 60.9 Å². The summed E-state index contributed by atoms with van der Waals surface area (Å²) in [5.74, 6) is 0.515. The third-order valence-electron chi connectivity index (χ3n) is 8.04. The molecule has 2 aliphatic heterocycles. The van der Waals surface area contributed by atoms with Gasteiger partial charge >= 0.3 is 0 Å². The number of amides is 3. The molecule has 0 aliphatic carbocycles. The van der Waals surface area contributed by atoms with Gasteiger partial charge in [0.1, 0.15) is 0 Å². The van der Waals surface area contributed by atoms with E-state index in [9.17, 15) is 14.4 Å². The van der Waals surface area contributed by atoms with Crippen LogP contribution in [0.2, 0.25) is 15.1 Å². The molecule has 4 rings (SSSR count). The Morgan fingerprint density at radius 1 is 0.895 bits per heavy atom. The standard InChI is InChI=1S/C29H34Cl3N3O3/c1-19(36)34-14-11-20(12-15-34)3-10-28(37)35-16-13-27(24(18-35)22-6-9-25(31)26(32)17-22)33(2)29(38)21-4-7-23(30)8-5-21/h4-9,17,20,24,27H,3,10-16,18H2,1-2H3/t24-,27+/m0/s1. The molecular formula is C29H34Cl3N3O3. The number of rotatable bonds is 6. The van der Waals surface area contributed by atoms with Crippen molar-refractivity contribution in [3.63, 3.8) is 0 Å². The second kappa shape index (κ2) is 12.7. The van der Waals surface area contributed by atoms with Crippen molar-refractivity contribution < 1.29 is 14.4 Å². The first kappa shape index (κ1) is 28.7. The van der Waals surface area contributed by atoms with Crippen LogP contribution in [-0.4, -0.2) is 71.7 Å². The Morgan fingerprint density at radius 3 is 2.18 bits per heavy atom. The summed E-state index contributed by atoms with van der Waals surface area (Å²) in [6.45, 7) is 4.24. The molecular weight excluding hydrogens is 545 g/mol. The maximum atomic E-state index is 13.3. The van der Waals surface area contributed by atoms with Crippen molar-refractivity contribution in [2.75, 3.05) is 33.2 Å². The SMILES string of the molecule is CC(=O)N1CCC(CCC(=O)N2CC[C@@H](N(C)C(=O)c3ccc(Cl)cc3)[C@H](c3ccc(Cl)c(Cl)c3)C2)CC1. The lowest BCUT2D eigenvalue weighted by molar-refractivity contribution is -0.134. The predicted octanol–water partition coefficient (Wildman–Crippen LogP) is 6.14. The molecule has 2 aliphatic rings. The molecule has 6 nitrogen and oxygen atoms in total. The van der Waals surface area contributed by atoms with Crippen LogP contribution in [0.25, 0.3) is 0 Å². The van der Waals surface area contributed by atoms with Crippen molar-refractivity contribution >= 4 is 52.5 Å². The monoisotopic (exact) mass is 577 g/mol. The van der Waals surface area contributed by atoms with Crippen LogP contribution in [0.3, 0.4) is 0 Å². The largest absolute Gasteiger partial charge is 0.343 e. The third kappa shape index (κ3) is 6.83. The van der Waals surface area contributed by atoms with E-state index < -0.39 is 0 Å². The summed E-state index contributed by atoms with van der Waals surface area (Å²) in [4.78, 5) is 43.8. The Kier molecular flexibility index (Phi) is 9.61. The van der Waals surface area contributed by atoms with Gasteiger partial charge in [-0.2, -0.15) is 0 Å². The van der Waals surface area contributed by atoms with Crippen molar-refractivity contribution in [3.05, 3.63) is 68.7 Å². The van der Waals surface area contributed by atoms with Gasteiger partial charge in [-0.25, -0.2) is 0 Å². The van der Waals surface area contributed by atoms with Crippen LogP contribution in [0.1, 0.15) is 60.9 Å². The molecule has 0 spiro atoms. The van der Waals surface area contributed by atoms with Gasteiger partial charge in [0.25, 0.3) is 5.91 Å². The van der Waals surface area contributed by atoms with Gasteiger partial charge in [0.05, 0.1) is 10.0 Å². The van der Waals surface area contributed by atoms with Crippen LogP contribution in [0.5, 0.6) is 0 Å². The molecule has 0 aromatic heterocycles. The van der Waals surface area contributed by atoms with Crippen LogP contribution < -0.4 is 0 Å². The lowest BCUT2D eigenvalue weighted by atomic mass is 9.84. The van der Waals surface area contributed by atoms with Crippen molar-refractivity contribution in [2.24, 2.45) is 5.92 Å². The molecule has 0 bridgehead atoms. The molecule has 9 heteroatoms. The Bertz CT molecular complexity index is 1170. The zero-order chi connectivity index (χ0) is 27.4. The Morgan fingerprint density at radius 2 is 1.55 bits per heavy atom. The van der Waals surface area contributed by atoms with Crippen LogP contribution in [0.4, 0.5) is 0 Å². The average Bonchev–Trinajstić information content (AvgIpc) is 2.92. The van der Waals surface area contributed by atoms with E-state index in [1.165, 1.54) is 0 Å². The van der Waals surface area contributed by atoms with Crippen molar-refractivity contribution in [2.45, 2.75) is 51.0 Å². The van der Waals surface area contributed by atoms with E-state index in [4.69, 9.17) is 34.8 Å². The van der Waals surface area contributed by atoms with Gasteiger partial charge in [-0.1, -0.05) is 40.9 Å². The molecule has 0 N–H and O–H groups in total. The molecule has 0 radical (unpaired) electrons. The third-order valence-corrected chi connectivity index (χ3v) is 9.03. The summed E-state index contributed by atoms with van der Waals surface area (Å²) < 4.78 is 0. The zero-order valence-electron chi connectivity index (χ0n) is 21.8. The smallest absolute Gasteiger partial charge is 0.253 e. The van der Waals surface area contributed by atoms with E-state index in [1.54, 1.807) is 42.2 Å². The van der Waals surface area contributed by atoms with Crippen LogP contribution >= 0.6 is 34.8 Å². The number of hydrogen-bond donors (Lipinski definition) is 0. The average molecular weight is 579 g/mol. The first-order chi connectivity index (χ1) is 18.1. The summed E-state index contributed by atoms with van der Waals surface area (Å²) in [6, 6.07) is 12.3. The van der Waals surface area contributed by atoms with Crippen LogP contribution in [-0.2, 0) is 9.59 Å². The Hall–Kier alpha value is -2.28. The number of likely N-dealkylation sites (tertiary alicyclic amines) is 2. The van der Waals surface area contributed by atoms with Gasteiger partial charge < -0.3 is 14.7 Å². The van der Waals surface area contributed by atoms with Gasteiger partial charge in [0.2, 0.25) is 11.8 Å². The number of carbonyl (C=O) groups is 3. The Balaban J connectivity index is 1.45. The quantitative estimate of drug-likeness (QED) is 0.414. The number of likely N-dealkylation sites (N-methyl/N-ethyl adjacent to an activating group) is 1. The van der Waals surface area contributed by atoms with Crippen molar-refractivity contribution in [3.8, 4) is 0 Å². The summed E-state index contributed by atoms with van der Waals surface area (Å²) in [5, 5.41) is 1.50. The molecule has 3 amide bonds. The molecule has 204 valence electrons. The summed E-state index contributed by atoms with van der Waals surface area (Å²) >= 11 is 18.6. The first-order valence-electron chi connectivity index (χ1n) is 13.1. The van der Waals surface area contributed by atoms with Gasteiger partial charge in [-0.3, -0.25) is 14.4 Å². The van der Waals surface area contributed by atoms with E-state index in [-0.39, 0.29) is 29.7 Å². The lowest BCUT2D eigenvalue weighted by Crippen LogP contribution is -2.52. The molecule has 2 aromatic carbocycles. The highest BCUT2D eigenvalue weighted by Crippen LogP contribution is 2.35. The second-order valence-electron chi connectivity index (χ2n) is 10.4. The molecule has 0 unspecified atom stereocenters. The van der Waals surface area contributed by atoms with Gasteiger partial charge in [-0.05, 0) is 73.6 Å². The predicted molar refractivity (Wildman–Crippen MR) is 152 cm³/mol. The number of halogens is 3. The van der Waals surface area contributed by atoms with Crippen LogP contribution in [0.15, 0.2) is 42.5 Å². The second-order valence-corrected chi connectivity index (χ2v) is 11.6. The molecule has 2 aromatic rings. The highest BCUT2D eigenvalue weighted by atomic mass is 35.5. The van der Waals surface area contributed by atoms with E-state index in [0.717, 1.165) is 37.9 Å². The highest BCUT2D eigenvalue weighted by molar-refractivity contribution is 6.42. The van der Waals surface area contributed by atoms with E-state index in [1.807, 2.05) is 29.0 Å². The summed E-state index contributed by atoms with van der Waals surface area (Å²) in [6.07, 6.45) is 3.86. The Labute approximate surface area is 239 Å².